The highest BCUT2D eigenvalue weighted by atomic mass is 32.2. The van der Waals surface area contributed by atoms with Crippen LogP contribution in [-0.4, -0.2) is 35.8 Å². The van der Waals surface area contributed by atoms with E-state index >= 15 is 0 Å². The lowest BCUT2D eigenvalue weighted by atomic mass is 10.1. The van der Waals surface area contributed by atoms with Gasteiger partial charge in [0.1, 0.15) is 5.82 Å². The summed E-state index contributed by atoms with van der Waals surface area (Å²) in [5.41, 5.74) is 0. The number of sulfone groups is 1. The van der Waals surface area contributed by atoms with Crippen molar-refractivity contribution >= 4 is 26.5 Å². The van der Waals surface area contributed by atoms with Crippen molar-refractivity contribution in [3.05, 3.63) is 5.82 Å². The molecule has 1 atom stereocenters. The van der Waals surface area contributed by atoms with Crippen molar-refractivity contribution in [1.29, 1.82) is 0 Å². The largest absolute Gasteiger partial charge is 0.360 e. The van der Waals surface area contributed by atoms with Gasteiger partial charge in [0.05, 0.1) is 11.5 Å². The van der Waals surface area contributed by atoms with Crippen LogP contribution < -0.4 is 5.32 Å². The van der Waals surface area contributed by atoms with Gasteiger partial charge >= 0.3 is 0 Å². The zero-order chi connectivity index (χ0) is 11.9. The normalized spacial score (nSPS) is 27.2. The third-order valence-corrected chi connectivity index (χ3v) is 5.78. The third-order valence-electron chi connectivity index (χ3n) is 3.25. The second-order valence-electron chi connectivity index (χ2n) is 4.88. The lowest BCUT2D eigenvalue weighted by Crippen LogP contribution is -2.15. The Bertz CT molecular complexity index is 507. The molecule has 0 amide bonds. The summed E-state index contributed by atoms with van der Waals surface area (Å²) in [7, 11) is -2.77. The summed E-state index contributed by atoms with van der Waals surface area (Å²) in [5.74, 6) is 2.41. The summed E-state index contributed by atoms with van der Waals surface area (Å²) >= 11 is 1.38. The average Bonchev–Trinajstić information content (AvgIpc) is 2.92. The fraction of sp³-hybridized carbons (Fsp3) is 0.800. The van der Waals surface area contributed by atoms with Crippen LogP contribution >= 0.6 is 11.5 Å². The maximum Gasteiger partial charge on any atom is 0.202 e. The van der Waals surface area contributed by atoms with Crippen molar-refractivity contribution in [2.75, 3.05) is 23.4 Å². The van der Waals surface area contributed by atoms with Gasteiger partial charge in [-0.1, -0.05) is 0 Å². The highest BCUT2D eigenvalue weighted by Crippen LogP contribution is 2.39. The van der Waals surface area contributed by atoms with E-state index in [-0.39, 0.29) is 5.92 Å². The Balaban J connectivity index is 1.53. The van der Waals surface area contributed by atoms with Crippen LogP contribution in [-0.2, 0) is 9.84 Å². The van der Waals surface area contributed by atoms with Crippen LogP contribution in [0.1, 0.15) is 31.0 Å². The molecule has 1 aliphatic carbocycles. The molecule has 94 valence electrons. The predicted octanol–water partition coefficient (Wildman–Crippen LogP) is 1.26. The minimum absolute atomic E-state index is 0.230. The first-order valence-electron chi connectivity index (χ1n) is 5.90. The molecular formula is C10H15N3O2S2. The lowest BCUT2D eigenvalue weighted by molar-refractivity contribution is 0.596. The van der Waals surface area contributed by atoms with E-state index in [4.69, 9.17) is 0 Å². The molecule has 1 aliphatic heterocycles. The Morgan fingerprint density at radius 1 is 1.35 bits per heavy atom. The molecule has 0 aromatic carbocycles. The number of hydrogen-bond donors (Lipinski definition) is 1. The molecule has 1 saturated carbocycles. The van der Waals surface area contributed by atoms with Crippen LogP contribution in [0.2, 0.25) is 0 Å². The molecule has 1 unspecified atom stereocenters. The SMILES string of the molecule is O=S1(=O)CCC(CNc2nc(C3CC3)ns2)C1. The van der Waals surface area contributed by atoms with Crippen molar-refractivity contribution < 1.29 is 8.42 Å². The number of nitrogens with one attached hydrogen (secondary N) is 1. The van der Waals surface area contributed by atoms with Gasteiger partial charge in [-0.15, -0.1) is 0 Å². The second kappa shape index (κ2) is 4.20. The zero-order valence-electron chi connectivity index (χ0n) is 9.42. The summed E-state index contributed by atoms with van der Waals surface area (Å²) < 4.78 is 26.9. The molecule has 2 heterocycles. The van der Waals surface area contributed by atoms with Gasteiger partial charge in [0.25, 0.3) is 0 Å². The molecule has 0 bridgehead atoms. The van der Waals surface area contributed by atoms with Crippen molar-refractivity contribution in [3.63, 3.8) is 0 Å². The standard InChI is InChI=1S/C10H15N3O2S2/c14-17(15)4-3-7(6-17)5-11-10-12-9(13-16-10)8-1-2-8/h7-8H,1-6H2,(H,11,12,13). The molecule has 17 heavy (non-hydrogen) atoms. The van der Waals surface area contributed by atoms with E-state index in [9.17, 15) is 8.42 Å². The topological polar surface area (TPSA) is 72.0 Å². The quantitative estimate of drug-likeness (QED) is 0.894. The van der Waals surface area contributed by atoms with Crippen LogP contribution in [0.5, 0.6) is 0 Å². The fourth-order valence-corrected chi connectivity index (χ4v) is 4.59. The number of nitrogens with zero attached hydrogens (tertiary/aromatic N) is 2. The highest BCUT2D eigenvalue weighted by Gasteiger charge is 2.29. The Labute approximate surface area is 105 Å². The van der Waals surface area contributed by atoms with Crippen LogP contribution in [0.3, 0.4) is 0 Å². The molecule has 3 rings (SSSR count). The first-order chi connectivity index (χ1) is 8.12. The summed E-state index contributed by atoms with van der Waals surface area (Å²) in [6.45, 7) is 0.693. The van der Waals surface area contributed by atoms with E-state index < -0.39 is 9.84 Å². The number of aromatic nitrogens is 2. The van der Waals surface area contributed by atoms with Crippen LogP contribution in [0.25, 0.3) is 0 Å². The number of rotatable bonds is 4. The molecule has 0 radical (unpaired) electrons. The van der Waals surface area contributed by atoms with Gasteiger partial charge in [0, 0.05) is 24.0 Å². The predicted molar refractivity (Wildman–Crippen MR) is 67.1 cm³/mol. The molecule has 1 N–H and O–H groups in total. The smallest absolute Gasteiger partial charge is 0.202 e. The van der Waals surface area contributed by atoms with Crippen LogP contribution in [0.15, 0.2) is 0 Å². The molecule has 7 heteroatoms. The Hall–Kier alpha value is -0.690. The average molecular weight is 273 g/mol. The van der Waals surface area contributed by atoms with E-state index in [0.717, 1.165) is 17.4 Å². The molecule has 2 aliphatic rings. The lowest BCUT2D eigenvalue weighted by Gasteiger charge is -2.07. The minimum Gasteiger partial charge on any atom is -0.360 e. The van der Waals surface area contributed by atoms with Crippen molar-refractivity contribution in [2.45, 2.75) is 25.2 Å². The first kappa shape index (κ1) is 11.4. The van der Waals surface area contributed by atoms with Gasteiger partial charge in [-0.3, -0.25) is 0 Å². The molecule has 0 spiro atoms. The summed E-state index contributed by atoms with van der Waals surface area (Å²) in [4.78, 5) is 4.42. The van der Waals surface area contributed by atoms with Crippen LogP contribution in [0.4, 0.5) is 5.13 Å². The zero-order valence-corrected chi connectivity index (χ0v) is 11.1. The van der Waals surface area contributed by atoms with E-state index in [1.165, 1.54) is 24.4 Å². The Morgan fingerprint density at radius 2 is 2.18 bits per heavy atom. The molecule has 1 saturated heterocycles. The van der Waals surface area contributed by atoms with Crippen molar-refractivity contribution in [1.82, 2.24) is 9.36 Å². The minimum atomic E-state index is -2.77. The Morgan fingerprint density at radius 3 is 2.82 bits per heavy atom. The van der Waals surface area contributed by atoms with E-state index in [1.54, 1.807) is 0 Å². The molecule has 1 aromatic heterocycles. The summed E-state index contributed by atoms with van der Waals surface area (Å²) in [5, 5.41) is 4.04. The molecular weight excluding hydrogens is 258 g/mol. The molecule has 5 nitrogen and oxygen atoms in total. The van der Waals surface area contributed by atoms with E-state index in [0.29, 0.717) is 24.0 Å². The molecule has 1 aromatic rings. The van der Waals surface area contributed by atoms with Gasteiger partial charge in [-0.2, -0.15) is 4.37 Å². The van der Waals surface area contributed by atoms with Crippen molar-refractivity contribution in [3.8, 4) is 0 Å². The number of hydrogen-bond acceptors (Lipinski definition) is 6. The second-order valence-corrected chi connectivity index (χ2v) is 7.86. The van der Waals surface area contributed by atoms with Gasteiger partial charge in [-0.05, 0) is 25.2 Å². The fourth-order valence-electron chi connectivity index (χ4n) is 2.08. The monoisotopic (exact) mass is 273 g/mol. The van der Waals surface area contributed by atoms with Gasteiger partial charge in [0.15, 0.2) is 9.84 Å². The maximum atomic E-state index is 11.3. The highest BCUT2D eigenvalue weighted by molar-refractivity contribution is 7.91. The van der Waals surface area contributed by atoms with Gasteiger partial charge in [-0.25, -0.2) is 13.4 Å². The summed E-state index contributed by atoms with van der Waals surface area (Å²) in [6.07, 6.45) is 3.18. The van der Waals surface area contributed by atoms with E-state index in [2.05, 4.69) is 14.7 Å². The Kier molecular flexibility index (Phi) is 2.82. The molecule has 2 fully saturated rings. The van der Waals surface area contributed by atoms with Crippen molar-refractivity contribution in [2.24, 2.45) is 5.92 Å². The van der Waals surface area contributed by atoms with Gasteiger partial charge < -0.3 is 5.32 Å². The van der Waals surface area contributed by atoms with Gasteiger partial charge in [0.2, 0.25) is 5.13 Å². The number of anilines is 1. The van der Waals surface area contributed by atoms with E-state index in [1.807, 2.05) is 0 Å². The first-order valence-corrected chi connectivity index (χ1v) is 8.50. The maximum absolute atomic E-state index is 11.3. The van der Waals surface area contributed by atoms with Crippen LogP contribution in [0, 0.1) is 5.92 Å². The summed E-state index contributed by atoms with van der Waals surface area (Å²) in [6, 6.07) is 0. The third kappa shape index (κ3) is 2.77.